The van der Waals surface area contributed by atoms with Crippen molar-refractivity contribution in [1.29, 1.82) is 0 Å². The molecule has 0 N–H and O–H groups in total. The van der Waals surface area contributed by atoms with Gasteiger partial charge in [-0.15, -0.1) is 0 Å². The SMILES string of the molecule is CC1CN(S(=O)(=O)c2ccc(Cl)cc2Cl)CCN1S(=O)(=O)c1ccc(Cl)cc1Cl. The number of piperazine rings is 1. The Kier molecular flexibility index (Phi) is 6.78. The van der Waals surface area contributed by atoms with Gasteiger partial charge in [0, 0.05) is 35.7 Å². The largest absolute Gasteiger partial charge is 0.244 e. The molecule has 0 saturated carbocycles. The van der Waals surface area contributed by atoms with Crippen molar-refractivity contribution in [1.82, 2.24) is 8.61 Å². The average Bonchev–Trinajstić information content (AvgIpc) is 2.60. The molecule has 0 bridgehead atoms. The van der Waals surface area contributed by atoms with Crippen LogP contribution in [0.2, 0.25) is 20.1 Å². The molecule has 1 atom stereocenters. The molecule has 1 unspecified atom stereocenters. The Morgan fingerprint density at radius 2 is 1.28 bits per heavy atom. The molecule has 1 aliphatic rings. The third-order valence-electron chi connectivity index (χ3n) is 4.52. The summed E-state index contributed by atoms with van der Waals surface area (Å²) >= 11 is 23.8. The van der Waals surface area contributed by atoms with Gasteiger partial charge in [0.2, 0.25) is 20.0 Å². The van der Waals surface area contributed by atoms with Gasteiger partial charge < -0.3 is 0 Å². The fourth-order valence-corrected chi connectivity index (χ4v) is 7.74. The average molecular weight is 518 g/mol. The van der Waals surface area contributed by atoms with E-state index in [-0.39, 0.29) is 39.5 Å². The molecule has 0 amide bonds. The highest BCUT2D eigenvalue weighted by Crippen LogP contribution is 2.32. The molecule has 0 aliphatic carbocycles. The number of benzene rings is 2. The van der Waals surface area contributed by atoms with Gasteiger partial charge in [0.25, 0.3) is 0 Å². The zero-order valence-electron chi connectivity index (χ0n) is 15.0. The Labute approximate surface area is 190 Å². The van der Waals surface area contributed by atoms with E-state index in [1.165, 1.54) is 45.0 Å². The van der Waals surface area contributed by atoms with Crippen molar-refractivity contribution >= 4 is 66.5 Å². The minimum atomic E-state index is -3.93. The molecule has 0 radical (unpaired) electrons. The van der Waals surface area contributed by atoms with E-state index in [1.54, 1.807) is 6.92 Å². The van der Waals surface area contributed by atoms with Crippen molar-refractivity contribution in [3.05, 3.63) is 56.5 Å². The van der Waals surface area contributed by atoms with E-state index in [4.69, 9.17) is 46.4 Å². The molecule has 158 valence electrons. The lowest BCUT2D eigenvalue weighted by Gasteiger charge is -2.38. The number of sulfonamides is 2. The number of rotatable bonds is 4. The van der Waals surface area contributed by atoms with Crippen LogP contribution < -0.4 is 0 Å². The van der Waals surface area contributed by atoms with Gasteiger partial charge in [-0.3, -0.25) is 0 Å². The highest BCUT2D eigenvalue weighted by atomic mass is 35.5. The van der Waals surface area contributed by atoms with Gasteiger partial charge in [0.15, 0.2) is 0 Å². The first-order valence-electron chi connectivity index (χ1n) is 8.36. The van der Waals surface area contributed by atoms with Crippen LogP contribution in [0.3, 0.4) is 0 Å². The molecule has 1 fully saturated rings. The van der Waals surface area contributed by atoms with Gasteiger partial charge in [-0.25, -0.2) is 16.8 Å². The molecule has 1 heterocycles. The molecule has 6 nitrogen and oxygen atoms in total. The minimum absolute atomic E-state index is 0.00713. The van der Waals surface area contributed by atoms with E-state index in [0.717, 1.165) is 0 Å². The van der Waals surface area contributed by atoms with Crippen molar-refractivity contribution in [2.45, 2.75) is 22.8 Å². The number of halogens is 4. The summed E-state index contributed by atoms with van der Waals surface area (Å²) in [6.07, 6.45) is 0. The summed E-state index contributed by atoms with van der Waals surface area (Å²) in [6, 6.07) is 7.62. The quantitative estimate of drug-likeness (QED) is 0.603. The van der Waals surface area contributed by atoms with Crippen LogP contribution in [-0.4, -0.2) is 51.1 Å². The van der Waals surface area contributed by atoms with Crippen molar-refractivity contribution in [3.63, 3.8) is 0 Å². The molecule has 2 aromatic carbocycles. The second-order valence-electron chi connectivity index (χ2n) is 6.48. The Balaban J connectivity index is 1.87. The Bertz CT molecular complexity index is 1160. The Morgan fingerprint density at radius 1 is 0.793 bits per heavy atom. The summed E-state index contributed by atoms with van der Waals surface area (Å²) in [6.45, 7) is 1.53. The van der Waals surface area contributed by atoms with E-state index >= 15 is 0 Å². The fourth-order valence-electron chi connectivity index (χ4n) is 3.12. The molecular weight excluding hydrogens is 502 g/mol. The van der Waals surface area contributed by atoms with Crippen molar-refractivity contribution in [2.75, 3.05) is 19.6 Å². The first-order valence-corrected chi connectivity index (χ1v) is 12.8. The van der Waals surface area contributed by atoms with Gasteiger partial charge in [0.05, 0.1) is 10.0 Å². The summed E-state index contributed by atoms with van der Waals surface area (Å²) in [5.74, 6) is 0. The smallest absolute Gasteiger partial charge is 0.207 e. The van der Waals surface area contributed by atoms with Crippen LogP contribution in [0.4, 0.5) is 0 Å². The van der Waals surface area contributed by atoms with Crippen LogP contribution in [-0.2, 0) is 20.0 Å². The van der Waals surface area contributed by atoms with Crippen molar-refractivity contribution in [3.8, 4) is 0 Å². The third-order valence-corrected chi connectivity index (χ3v) is 9.84. The normalized spacial score (nSPS) is 19.4. The van der Waals surface area contributed by atoms with E-state index in [1.807, 2.05) is 0 Å². The first-order chi connectivity index (χ1) is 13.4. The number of hydrogen-bond acceptors (Lipinski definition) is 4. The molecule has 1 aliphatic heterocycles. The van der Waals surface area contributed by atoms with E-state index < -0.39 is 26.1 Å². The van der Waals surface area contributed by atoms with Gasteiger partial charge in [-0.1, -0.05) is 46.4 Å². The molecule has 2 aromatic rings. The second-order valence-corrected chi connectivity index (χ2v) is 11.9. The summed E-state index contributed by atoms with van der Waals surface area (Å²) in [5.41, 5.74) is 0. The minimum Gasteiger partial charge on any atom is -0.207 e. The van der Waals surface area contributed by atoms with Gasteiger partial charge in [0.1, 0.15) is 9.79 Å². The number of nitrogens with zero attached hydrogens (tertiary/aromatic N) is 2. The van der Waals surface area contributed by atoms with Crippen LogP contribution in [0, 0.1) is 0 Å². The van der Waals surface area contributed by atoms with Crippen LogP contribution in [0.15, 0.2) is 46.2 Å². The van der Waals surface area contributed by atoms with Gasteiger partial charge >= 0.3 is 0 Å². The maximum Gasteiger partial charge on any atom is 0.244 e. The molecule has 29 heavy (non-hydrogen) atoms. The second kappa shape index (κ2) is 8.51. The molecule has 12 heteroatoms. The summed E-state index contributed by atoms with van der Waals surface area (Å²) < 4.78 is 54.5. The van der Waals surface area contributed by atoms with Crippen molar-refractivity contribution < 1.29 is 16.8 Å². The van der Waals surface area contributed by atoms with Crippen LogP contribution >= 0.6 is 46.4 Å². The van der Waals surface area contributed by atoms with Crippen molar-refractivity contribution in [2.24, 2.45) is 0 Å². The van der Waals surface area contributed by atoms with Crippen LogP contribution in [0.5, 0.6) is 0 Å². The topological polar surface area (TPSA) is 74.8 Å². The summed E-state index contributed by atoms with van der Waals surface area (Å²) in [4.78, 5) is -0.153. The Hall–Kier alpha value is -0.580. The lowest BCUT2D eigenvalue weighted by Crippen LogP contribution is -2.55. The predicted molar refractivity (Wildman–Crippen MR) is 115 cm³/mol. The summed E-state index contributed by atoms with van der Waals surface area (Å²) in [5, 5.41) is 0.650. The zero-order valence-corrected chi connectivity index (χ0v) is 19.7. The first kappa shape index (κ1) is 23.1. The van der Waals surface area contributed by atoms with Crippen LogP contribution in [0.25, 0.3) is 0 Å². The third kappa shape index (κ3) is 4.55. The van der Waals surface area contributed by atoms with E-state index in [2.05, 4.69) is 0 Å². The molecular formula is C17H16Cl4N2O4S2. The molecule has 0 spiro atoms. The monoisotopic (exact) mass is 516 g/mol. The van der Waals surface area contributed by atoms with E-state index in [0.29, 0.717) is 10.0 Å². The maximum atomic E-state index is 13.0. The Morgan fingerprint density at radius 3 is 1.72 bits per heavy atom. The zero-order chi connectivity index (χ0) is 21.6. The summed E-state index contributed by atoms with van der Waals surface area (Å²) in [7, 11) is -7.84. The number of hydrogen-bond donors (Lipinski definition) is 0. The highest BCUT2D eigenvalue weighted by molar-refractivity contribution is 7.89. The fraction of sp³-hybridized carbons (Fsp3) is 0.294. The molecule has 3 rings (SSSR count). The standard InChI is InChI=1S/C17H16Cl4N2O4S2/c1-11-10-22(28(24,25)16-4-2-12(18)8-14(16)20)6-7-23(11)29(26,27)17-5-3-13(19)9-15(17)21/h2-5,8-9,11H,6-7,10H2,1H3. The molecule has 1 saturated heterocycles. The van der Waals surface area contributed by atoms with Gasteiger partial charge in [-0.05, 0) is 43.3 Å². The highest BCUT2D eigenvalue weighted by Gasteiger charge is 2.39. The molecule has 0 aromatic heterocycles. The maximum absolute atomic E-state index is 13.0. The lowest BCUT2D eigenvalue weighted by atomic mass is 10.3. The van der Waals surface area contributed by atoms with Gasteiger partial charge in [-0.2, -0.15) is 8.61 Å². The van der Waals surface area contributed by atoms with E-state index in [9.17, 15) is 16.8 Å². The lowest BCUT2D eigenvalue weighted by molar-refractivity contribution is 0.212. The van der Waals surface area contributed by atoms with Crippen LogP contribution in [0.1, 0.15) is 6.92 Å². The predicted octanol–water partition coefficient (Wildman–Crippen LogP) is 4.38.